The molecule has 0 radical (unpaired) electrons. The van der Waals surface area contributed by atoms with Gasteiger partial charge in [-0.15, -0.1) is 0 Å². The Labute approximate surface area is 227 Å². The summed E-state index contributed by atoms with van der Waals surface area (Å²) in [5, 5.41) is 17.0. The lowest BCUT2D eigenvalue weighted by molar-refractivity contribution is -0.194. The molecule has 5 aliphatic rings. The normalized spacial score (nSPS) is 25.4. The fourth-order valence-electron chi connectivity index (χ4n) is 4.36. The van der Waals surface area contributed by atoms with Crippen LogP contribution in [-0.4, -0.2) is 157 Å². The molecule has 17 heteroatoms. The van der Waals surface area contributed by atoms with Crippen LogP contribution in [-0.2, 0) is 23.9 Å². The summed E-state index contributed by atoms with van der Waals surface area (Å²) in [4.78, 5) is 60.3. The van der Waals surface area contributed by atoms with Gasteiger partial charge in [-0.1, -0.05) is 0 Å². The standard InChI is InChI=1S/C9H18N6.C7H8O7.C6H12N4/c1-13(2)7-10-8(14(3)4)12-9(11-7)15(5)6;8-4(9)1-7(2-5(10)11)6(12)13-3-14-7;1-7-2-9-4-8(1)5-10(3-7)6-9/h1-6H3;1-3H2,(H,8,9)(H,10,11);1-6H2. The predicted octanol–water partition coefficient (Wildman–Crippen LogP) is -1.74. The Balaban J connectivity index is 0.000000164. The number of rotatable bonds is 7. The minimum atomic E-state index is -1.86. The Morgan fingerprint density at radius 3 is 1.23 bits per heavy atom. The van der Waals surface area contributed by atoms with Gasteiger partial charge in [0.15, 0.2) is 12.4 Å². The summed E-state index contributed by atoms with van der Waals surface area (Å²) in [7, 11) is 11.5. The van der Waals surface area contributed by atoms with Crippen molar-refractivity contribution in [3.63, 3.8) is 0 Å². The summed E-state index contributed by atoms with van der Waals surface area (Å²) in [6, 6.07) is 0. The van der Waals surface area contributed by atoms with E-state index in [-0.39, 0.29) is 0 Å². The van der Waals surface area contributed by atoms with Crippen molar-refractivity contribution in [2.75, 3.05) is 104 Å². The van der Waals surface area contributed by atoms with Crippen molar-refractivity contribution < 1.29 is 34.1 Å². The predicted molar refractivity (Wildman–Crippen MR) is 139 cm³/mol. The van der Waals surface area contributed by atoms with Gasteiger partial charge in [0.25, 0.3) is 0 Å². The average molecular weight is 555 g/mol. The molecule has 0 unspecified atom stereocenters. The van der Waals surface area contributed by atoms with Crippen LogP contribution in [0, 0.1) is 0 Å². The molecule has 0 saturated carbocycles. The first-order valence-corrected chi connectivity index (χ1v) is 12.2. The van der Waals surface area contributed by atoms with Crippen LogP contribution in [0.15, 0.2) is 0 Å². The highest BCUT2D eigenvalue weighted by Gasteiger charge is 2.49. The van der Waals surface area contributed by atoms with E-state index < -0.39 is 43.1 Å². The number of carbonyl (C=O) groups is 3. The quantitative estimate of drug-likeness (QED) is 0.363. The maximum Gasteiger partial charge on any atom is 0.341 e. The summed E-state index contributed by atoms with van der Waals surface area (Å²) in [5.41, 5.74) is -1.86. The highest BCUT2D eigenvalue weighted by Crippen LogP contribution is 2.28. The van der Waals surface area contributed by atoms with E-state index in [0.717, 1.165) is 0 Å². The molecule has 17 nitrogen and oxygen atoms in total. The molecular formula is C22H38N10O7. The van der Waals surface area contributed by atoms with Crippen LogP contribution in [0.2, 0.25) is 0 Å². The van der Waals surface area contributed by atoms with Crippen molar-refractivity contribution in [2.24, 2.45) is 0 Å². The maximum atomic E-state index is 11.1. The van der Waals surface area contributed by atoms with E-state index in [1.165, 1.54) is 40.0 Å². The number of carbonyl (C=O) groups excluding carboxylic acids is 1. The lowest BCUT2D eigenvalue weighted by Gasteiger charge is -2.56. The number of aliphatic carboxylic acids is 2. The second-order valence-electron chi connectivity index (χ2n) is 10.3. The smallest absolute Gasteiger partial charge is 0.341 e. The zero-order valence-electron chi connectivity index (χ0n) is 23.3. The van der Waals surface area contributed by atoms with Gasteiger partial charge in [0.1, 0.15) is 0 Å². The second kappa shape index (κ2) is 12.6. The van der Waals surface area contributed by atoms with Gasteiger partial charge in [0.2, 0.25) is 17.8 Å². The molecule has 4 bridgehead atoms. The van der Waals surface area contributed by atoms with Gasteiger partial charge in [0.05, 0.1) is 52.9 Å². The van der Waals surface area contributed by atoms with Crippen LogP contribution in [0.5, 0.6) is 0 Å². The van der Waals surface area contributed by atoms with Gasteiger partial charge < -0.3 is 34.4 Å². The zero-order chi connectivity index (χ0) is 28.9. The average Bonchev–Trinajstić information content (AvgIpc) is 3.16. The van der Waals surface area contributed by atoms with Crippen molar-refractivity contribution in [3.05, 3.63) is 0 Å². The fourth-order valence-corrected chi connectivity index (χ4v) is 4.36. The molecule has 2 N–H and O–H groups in total. The first kappa shape index (κ1) is 30.2. The van der Waals surface area contributed by atoms with E-state index in [2.05, 4.69) is 39.3 Å². The van der Waals surface area contributed by atoms with Gasteiger partial charge in [-0.05, 0) is 0 Å². The first-order chi connectivity index (χ1) is 18.3. The minimum Gasteiger partial charge on any atom is -0.481 e. The van der Waals surface area contributed by atoms with E-state index >= 15 is 0 Å². The van der Waals surface area contributed by atoms with E-state index in [9.17, 15) is 14.4 Å². The first-order valence-electron chi connectivity index (χ1n) is 12.2. The lowest BCUT2D eigenvalue weighted by atomic mass is 9.96. The molecule has 5 aliphatic heterocycles. The number of ether oxygens (including phenoxy) is 2. The topological polar surface area (TPSA) is 171 Å². The largest absolute Gasteiger partial charge is 0.481 e. The zero-order valence-corrected chi connectivity index (χ0v) is 23.3. The molecule has 1 aromatic heterocycles. The molecule has 6 rings (SSSR count). The Hall–Kier alpha value is -3.38. The van der Waals surface area contributed by atoms with Gasteiger partial charge in [-0.25, -0.2) is 4.79 Å². The lowest BCUT2D eigenvalue weighted by Crippen LogP contribution is -2.71. The molecule has 0 spiro atoms. The van der Waals surface area contributed by atoms with Crippen molar-refractivity contribution in [1.82, 2.24) is 34.6 Å². The number of hydrogen-bond acceptors (Lipinski definition) is 15. The fraction of sp³-hybridized carbons (Fsp3) is 0.727. The van der Waals surface area contributed by atoms with Crippen molar-refractivity contribution in [1.29, 1.82) is 0 Å². The summed E-state index contributed by atoms with van der Waals surface area (Å²) in [6.07, 6.45) is -1.42. The molecule has 1 aromatic rings. The van der Waals surface area contributed by atoms with Gasteiger partial charge >= 0.3 is 17.9 Å². The maximum absolute atomic E-state index is 11.1. The van der Waals surface area contributed by atoms with Crippen molar-refractivity contribution in [3.8, 4) is 0 Å². The minimum absolute atomic E-state index is 0.403. The molecule has 0 atom stereocenters. The Kier molecular flexibility index (Phi) is 9.78. The van der Waals surface area contributed by atoms with Crippen molar-refractivity contribution in [2.45, 2.75) is 18.4 Å². The molecule has 6 heterocycles. The Bertz CT molecular complexity index is 901. The van der Waals surface area contributed by atoms with E-state index in [1.807, 2.05) is 57.0 Å². The van der Waals surface area contributed by atoms with Crippen LogP contribution in [0.25, 0.3) is 0 Å². The highest BCUT2D eigenvalue weighted by atomic mass is 16.7. The number of nitrogens with zero attached hydrogens (tertiary/aromatic N) is 10. The molecule has 218 valence electrons. The Morgan fingerprint density at radius 2 is 1.03 bits per heavy atom. The third-order valence-corrected chi connectivity index (χ3v) is 5.97. The monoisotopic (exact) mass is 554 g/mol. The van der Waals surface area contributed by atoms with Gasteiger partial charge in [0, 0.05) is 42.3 Å². The van der Waals surface area contributed by atoms with Gasteiger partial charge in [-0.2, -0.15) is 15.0 Å². The molecular weight excluding hydrogens is 516 g/mol. The summed E-state index contributed by atoms with van der Waals surface area (Å²) in [5.74, 6) is -1.58. The number of hydrogen-bond donors (Lipinski definition) is 2. The third-order valence-electron chi connectivity index (χ3n) is 5.97. The van der Waals surface area contributed by atoms with Crippen LogP contribution < -0.4 is 14.7 Å². The number of esters is 1. The molecule has 5 fully saturated rings. The summed E-state index contributed by atoms with van der Waals surface area (Å²) < 4.78 is 9.12. The molecule has 5 saturated heterocycles. The number of carboxylic acid groups (broad SMARTS) is 2. The molecule has 39 heavy (non-hydrogen) atoms. The van der Waals surface area contributed by atoms with E-state index in [4.69, 9.17) is 14.9 Å². The SMILES string of the molecule is C1N2CN3CN1CN(C2)C3.CN(C)c1nc(N(C)C)nc(N(C)C)n1.O=C(O)CC1(CC(=O)O)OCOC1=O. The van der Waals surface area contributed by atoms with E-state index in [1.54, 1.807) is 0 Å². The molecule has 0 amide bonds. The van der Waals surface area contributed by atoms with Gasteiger partial charge in [-0.3, -0.25) is 29.2 Å². The number of aromatic nitrogens is 3. The third kappa shape index (κ3) is 8.06. The number of anilines is 3. The van der Waals surface area contributed by atoms with Crippen molar-refractivity contribution >= 4 is 35.8 Å². The van der Waals surface area contributed by atoms with Crippen LogP contribution >= 0.6 is 0 Å². The van der Waals surface area contributed by atoms with Crippen LogP contribution in [0.3, 0.4) is 0 Å². The van der Waals surface area contributed by atoms with Crippen LogP contribution in [0.4, 0.5) is 17.8 Å². The van der Waals surface area contributed by atoms with E-state index in [0.29, 0.717) is 17.8 Å². The van der Waals surface area contributed by atoms with Crippen LogP contribution in [0.1, 0.15) is 12.8 Å². The highest BCUT2D eigenvalue weighted by molar-refractivity contribution is 5.90. The Morgan fingerprint density at radius 1 is 0.718 bits per heavy atom. The summed E-state index contributed by atoms with van der Waals surface area (Å²) >= 11 is 0. The number of cyclic esters (lactones) is 1. The molecule has 0 aliphatic carbocycles. The molecule has 0 aromatic carbocycles. The summed E-state index contributed by atoms with van der Waals surface area (Å²) in [6.45, 7) is 6.72. The number of carboxylic acids is 2. The second-order valence-corrected chi connectivity index (χ2v) is 10.3.